The fourth-order valence-corrected chi connectivity index (χ4v) is 1.20. The van der Waals surface area contributed by atoms with E-state index < -0.39 is 0 Å². The van der Waals surface area contributed by atoms with Gasteiger partial charge in [0.15, 0.2) is 0 Å². The van der Waals surface area contributed by atoms with Crippen LogP contribution in [0.25, 0.3) is 0 Å². The lowest BCUT2D eigenvalue weighted by Crippen LogP contribution is -2.29. The fourth-order valence-electron chi connectivity index (χ4n) is 1.02. The molecule has 1 nitrogen and oxygen atoms in total. The number of rotatable bonds is 3. The summed E-state index contributed by atoms with van der Waals surface area (Å²) >= 11 is 6.02. The summed E-state index contributed by atoms with van der Waals surface area (Å²) in [5, 5.41) is 4.19. The summed E-state index contributed by atoms with van der Waals surface area (Å²) in [5.41, 5.74) is 1.11. The highest BCUT2D eigenvalue weighted by molar-refractivity contribution is 6.33. The van der Waals surface area contributed by atoms with E-state index in [0.717, 1.165) is 17.1 Å². The Labute approximate surface area is 85.1 Å². The number of anilines is 1. The second kappa shape index (κ2) is 4.01. The van der Waals surface area contributed by atoms with Crippen LogP contribution < -0.4 is 5.32 Å². The van der Waals surface area contributed by atoms with Crippen molar-refractivity contribution >= 4 is 17.3 Å². The molecule has 0 bridgehead atoms. The topological polar surface area (TPSA) is 12.0 Å². The first kappa shape index (κ1) is 10.4. The van der Waals surface area contributed by atoms with E-state index in [4.69, 9.17) is 11.6 Å². The van der Waals surface area contributed by atoms with Gasteiger partial charge in [-0.25, -0.2) is 0 Å². The predicted molar refractivity (Wildman–Crippen MR) is 59.4 cm³/mol. The van der Waals surface area contributed by atoms with Crippen molar-refractivity contribution in [3.63, 3.8) is 0 Å². The molecule has 0 unspecified atom stereocenters. The molecule has 13 heavy (non-hydrogen) atoms. The van der Waals surface area contributed by atoms with E-state index in [-0.39, 0.29) is 5.54 Å². The maximum atomic E-state index is 6.02. The molecule has 2 heteroatoms. The van der Waals surface area contributed by atoms with E-state index in [1.54, 1.807) is 0 Å². The number of halogens is 1. The molecule has 0 saturated carbocycles. The van der Waals surface area contributed by atoms with Crippen LogP contribution in [0.2, 0.25) is 5.02 Å². The van der Waals surface area contributed by atoms with E-state index >= 15 is 0 Å². The van der Waals surface area contributed by atoms with Gasteiger partial charge in [-0.3, -0.25) is 0 Å². The van der Waals surface area contributed by atoms with Gasteiger partial charge in [-0.05, 0) is 32.4 Å². The van der Waals surface area contributed by atoms with Gasteiger partial charge in [0.2, 0.25) is 0 Å². The Kier molecular flexibility index (Phi) is 3.21. The molecular formula is C11H16ClN. The zero-order chi connectivity index (χ0) is 9.90. The molecule has 1 rings (SSSR count). The first-order valence-electron chi connectivity index (χ1n) is 4.58. The van der Waals surface area contributed by atoms with Gasteiger partial charge >= 0.3 is 0 Å². The van der Waals surface area contributed by atoms with Crippen molar-refractivity contribution < 1.29 is 0 Å². The van der Waals surface area contributed by atoms with Crippen molar-refractivity contribution in [1.29, 1.82) is 0 Å². The molecule has 1 aromatic carbocycles. The average molecular weight is 198 g/mol. The van der Waals surface area contributed by atoms with Gasteiger partial charge in [0.25, 0.3) is 0 Å². The van der Waals surface area contributed by atoms with Gasteiger partial charge in [-0.15, -0.1) is 0 Å². The molecule has 1 N–H and O–H groups in total. The standard InChI is InChI=1S/C11H16ClN/c1-4-11(2,3)13-10-8-6-5-7-9(10)12/h5-8,13H,4H2,1-3H3. The van der Waals surface area contributed by atoms with Crippen LogP contribution in [0.4, 0.5) is 5.69 Å². The molecule has 0 radical (unpaired) electrons. The molecule has 0 aliphatic carbocycles. The van der Waals surface area contributed by atoms with Crippen molar-refractivity contribution in [3.05, 3.63) is 29.3 Å². The van der Waals surface area contributed by atoms with Crippen LogP contribution in [0.5, 0.6) is 0 Å². The zero-order valence-corrected chi connectivity index (χ0v) is 9.15. The van der Waals surface area contributed by atoms with Gasteiger partial charge in [-0.2, -0.15) is 0 Å². The molecule has 0 saturated heterocycles. The molecule has 72 valence electrons. The van der Waals surface area contributed by atoms with Crippen molar-refractivity contribution in [2.45, 2.75) is 32.7 Å². The third-order valence-electron chi connectivity index (χ3n) is 2.23. The van der Waals surface area contributed by atoms with Gasteiger partial charge in [-0.1, -0.05) is 30.7 Å². The molecule has 0 aromatic heterocycles. The normalized spacial score (nSPS) is 11.4. The van der Waals surface area contributed by atoms with Gasteiger partial charge in [0, 0.05) is 5.54 Å². The van der Waals surface area contributed by atoms with Gasteiger partial charge in [0.1, 0.15) is 0 Å². The lowest BCUT2D eigenvalue weighted by atomic mass is 10.0. The van der Waals surface area contributed by atoms with Crippen molar-refractivity contribution in [3.8, 4) is 0 Å². The minimum absolute atomic E-state index is 0.102. The maximum absolute atomic E-state index is 6.02. The Morgan fingerprint density at radius 2 is 1.92 bits per heavy atom. The zero-order valence-electron chi connectivity index (χ0n) is 8.39. The Hall–Kier alpha value is -0.690. The third-order valence-corrected chi connectivity index (χ3v) is 2.56. The molecule has 0 amide bonds. The molecule has 0 fully saturated rings. The average Bonchev–Trinajstić information content (AvgIpc) is 2.09. The van der Waals surface area contributed by atoms with E-state index in [1.165, 1.54) is 0 Å². The summed E-state index contributed by atoms with van der Waals surface area (Å²) in [6.07, 6.45) is 1.07. The highest BCUT2D eigenvalue weighted by atomic mass is 35.5. The Morgan fingerprint density at radius 3 is 2.46 bits per heavy atom. The number of para-hydroxylation sites is 1. The summed E-state index contributed by atoms with van der Waals surface area (Å²) in [7, 11) is 0. The molecule has 0 aliphatic rings. The lowest BCUT2D eigenvalue weighted by molar-refractivity contribution is 0.547. The number of hydrogen-bond acceptors (Lipinski definition) is 1. The molecular weight excluding hydrogens is 182 g/mol. The van der Waals surface area contributed by atoms with Crippen molar-refractivity contribution in [2.24, 2.45) is 0 Å². The maximum Gasteiger partial charge on any atom is 0.0637 e. The van der Waals surface area contributed by atoms with E-state index in [9.17, 15) is 0 Å². The molecule has 0 heterocycles. The highest BCUT2D eigenvalue weighted by Gasteiger charge is 2.14. The van der Waals surface area contributed by atoms with Crippen LogP contribution >= 0.6 is 11.6 Å². The quantitative estimate of drug-likeness (QED) is 0.774. The first-order valence-corrected chi connectivity index (χ1v) is 4.95. The van der Waals surface area contributed by atoms with Crippen LogP contribution in [-0.2, 0) is 0 Å². The molecule has 0 atom stereocenters. The van der Waals surface area contributed by atoms with Crippen LogP contribution in [0.3, 0.4) is 0 Å². The number of nitrogens with one attached hydrogen (secondary N) is 1. The molecule has 1 aromatic rings. The second-order valence-corrected chi connectivity index (χ2v) is 4.25. The van der Waals surface area contributed by atoms with Gasteiger partial charge in [0.05, 0.1) is 10.7 Å². The minimum atomic E-state index is 0.102. The molecule has 0 aliphatic heterocycles. The second-order valence-electron chi connectivity index (χ2n) is 3.84. The van der Waals surface area contributed by atoms with Crippen LogP contribution in [0.1, 0.15) is 27.2 Å². The number of benzene rings is 1. The Balaban J connectivity index is 2.80. The SMILES string of the molecule is CCC(C)(C)Nc1ccccc1Cl. The van der Waals surface area contributed by atoms with Crippen LogP contribution in [0.15, 0.2) is 24.3 Å². The van der Waals surface area contributed by atoms with Crippen LogP contribution in [-0.4, -0.2) is 5.54 Å². The monoisotopic (exact) mass is 197 g/mol. The lowest BCUT2D eigenvalue weighted by Gasteiger charge is -2.26. The third kappa shape index (κ3) is 2.92. The van der Waals surface area contributed by atoms with Crippen molar-refractivity contribution in [1.82, 2.24) is 0 Å². The molecule has 0 spiro atoms. The smallest absolute Gasteiger partial charge is 0.0637 e. The minimum Gasteiger partial charge on any atom is -0.379 e. The fraction of sp³-hybridized carbons (Fsp3) is 0.455. The van der Waals surface area contributed by atoms with E-state index in [0.29, 0.717) is 0 Å². The summed E-state index contributed by atoms with van der Waals surface area (Å²) in [6.45, 7) is 6.48. The van der Waals surface area contributed by atoms with Crippen LogP contribution in [0, 0.1) is 0 Å². The number of hydrogen-bond donors (Lipinski definition) is 1. The summed E-state index contributed by atoms with van der Waals surface area (Å²) in [5.74, 6) is 0. The largest absolute Gasteiger partial charge is 0.379 e. The summed E-state index contributed by atoms with van der Waals surface area (Å²) in [6, 6.07) is 7.82. The summed E-state index contributed by atoms with van der Waals surface area (Å²) in [4.78, 5) is 0. The van der Waals surface area contributed by atoms with Crippen molar-refractivity contribution in [2.75, 3.05) is 5.32 Å². The van der Waals surface area contributed by atoms with E-state index in [2.05, 4.69) is 26.1 Å². The van der Waals surface area contributed by atoms with Gasteiger partial charge < -0.3 is 5.32 Å². The Bertz CT molecular complexity index is 281. The van der Waals surface area contributed by atoms with E-state index in [1.807, 2.05) is 24.3 Å². The highest BCUT2D eigenvalue weighted by Crippen LogP contribution is 2.25. The summed E-state index contributed by atoms with van der Waals surface area (Å²) < 4.78 is 0. The predicted octanol–water partition coefficient (Wildman–Crippen LogP) is 3.94. The first-order chi connectivity index (χ1) is 6.05. The Morgan fingerprint density at radius 1 is 1.31 bits per heavy atom.